The van der Waals surface area contributed by atoms with Gasteiger partial charge in [0.1, 0.15) is 10.7 Å². The molecular weight excluding hydrogens is 270 g/mol. The van der Waals surface area contributed by atoms with Crippen molar-refractivity contribution >= 4 is 17.2 Å². The summed E-state index contributed by atoms with van der Waals surface area (Å²) in [4.78, 5) is 5.27. The molecule has 1 aromatic carbocycles. The Bertz CT molecular complexity index is 444. The molecule has 20 heavy (non-hydrogen) atoms. The van der Waals surface area contributed by atoms with Gasteiger partial charge < -0.3 is 20.3 Å². The molecule has 1 saturated heterocycles. The molecule has 0 amide bonds. The summed E-state index contributed by atoms with van der Waals surface area (Å²) in [6, 6.07) is 7.67. The Labute approximate surface area is 126 Å². The first-order valence-corrected chi connectivity index (χ1v) is 7.49. The van der Waals surface area contributed by atoms with E-state index >= 15 is 0 Å². The van der Waals surface area contributed by atoms with Gasteiger partial charge in [-0.05, 0) is 25.6 Å². The van der Waals surface area contributed by atoms with Crippen LogP contribution in [-0.4, -0.2) is 61.2 Å². The van der Waals surface area contributed by atoms with Crippen molar-refractivity contribution in [3.63, 3.8) is 0 Å². The van der Waals surface area contributed by atoms with E-state index in [9.17, 15) is 0 Å². The van der Waals surface area contributed by atoms with Crippen molar-refractivity contribution in [3.8, 4) is 5.75 Å². The fourth-order valence-electron chi connectivity index (χ4n) is 2.29. The van der Waals surface area contributed by atoms with E-state index in [1.54, 1.807) is 0 Å². The van der Waals surface area contributed by atoms with Crippen LogP contribution in [0.2, 0.25) is 0 Å². The van der Waals surface area contributed by atoms with Gasteiger partial charge in [-0.1, -0.05) is 24.4 Å². The van der Waals surface area contributed by atoms with Crippen LogP contribution < -0.4 is 10.5 Å². The molecule has 0 aliphatic carbocycles. The maximum atomic E-state index is 5.76. The van der Waals surface area contributed by atoms with Crippen LogP contribution in [0.5, 0.6) is 5.75 Å². The number of thiocarbonyl (C=S) groups is 1. The highest BCUT2D eigenvalue weighted by Crippen LogP contribution is 2.13. The SMILES string of the molecule is CN1CCN(CCCOc2cccc(C(N)=S)c2)CC1. The predicted octanol–water partition coefficient (Wildman–Crippen LogP) is 1.34. The zero-order chi connectivity index (χ0) is 14.4. The highest BCUT2D eigenvalue weighted by Gasteiger charge is 2.12. The Kier molecular flexibility index (Phi) is 5.76. The molecule has 1 aliphatic heterocycles. The number of ether oxygens (including phenoxy) is 1. The molecule has 1 heterocycles. The standard InChI is InChI=1S/C15H23N3OS/c1-17-7-9-18(10-8-17)6-3-11-19-14-5-2-4-13(12-14)15(16)20/h2,4-5,12H,3,6-11H2,1H3,(H2,16,20). The Morgan fingerprint density at radius 2 is 2.05 bits per heavy atom. The fraction of sp³-hybridized carbons (Fsp3) is 0.533. The molecule has 2 rings (SSSR count). The molecule has 1 aliphatic rings. The van der Waals surface area contributed by atoms with Crippen LogP contribution in [0.15, 0.2) is 24.3 Å². The van der Waals surface area contributed by atoms with Crippen LogP contribution in [0.4, 0.5) is 0 Å². The number of hydrogen-bond acceptors (Lipinski definition) is 4. The molecule has 0 radical (unpaired) electrons. The molecular formula is C15H23N3OS. The Morgan fingerprint density at radius 3 is 2.75 bits per heavy atom. The van der Waals surface area contributed by atoms with Gasteiger partial charge in [0.25, 0.3) is 0 Å². The number of nitrogens with two attached hydrogens (primary N) is 1. The minimum absolute atomic E-state index is 0.410. The molecule has 0 aromatic heterocycles. The summed E-state index contributed by atoms with van der Waals surface area (Å²) in [5.41, 5.74) is 6.47. The van der Waals surface area contributed by atoms with Crippen molar-refractivity contribution in [1.29, 1.82) is 0 Å². The molecule has 0 unspecified atom stereocenters. The van der Waals surface area contributed by atoms with Crippen molar-refractivity contribution in [1.82, 2.24) is 9.80 Å². The molecule has 0 saturated carbocycles. The number of nitrogens with zero attached hydrogens (tertiary/aromatic N) is 2. The van der Waals surface area contributed by atoms with Gasteiger partial charge in [0.05, 0.1) is 6.61 Å². The number of piperazine rings is 1. The third-order valence-electron chi connectivity index (χ3n) is 3.60. The lowest BCUT2D eigenvalue weighted by Gasteiger charge is -2.32. The summed E-state index contributed by atoms with van der Waals surface area (Å²) in [5.74, 6) is 0.841. The summed E-state index contributed by atoms with van der Waals surface area (Å²) < 4.78 is 5.76. The van der Waals surface area contributed by atoms with Crippen molar-refractivity contribution in [2.75, 3.05) is 46.4 Å². The molecule has 1 aromatic rings. The maximum absolute atomic E-state index is 5.76. The van der Waals surface area contributed by atoms with Crippen molar-refractivity contribution < 1.29 is 4.74 Å². The monoisotopic (exact) mass is 293 g/mol. The lowest BCUT2D eigenvalue weighted by Crippen LogP contribution is -2.44. The normalized spacial score (nSPS) is 17.1. The van der Waals surface area contributed by atoms with E-state index in [1.807, 2.05) is 24.3 Å². The first-order chi connectivity index (χ1) is 9.65. The van der Waals surface area contributed by atoms with Crippen LogP contribution in [0.1, 0.15) is 12.0 Å². The molecule has 5 heteroatoms. The molecule has 1 fully saturated rings. The largest absolute Gasteiger partial charge is 0.494 e. The lowest BCUT2D eigenvalue weighted by atomic mass is 10.2. The highest BCUT2D eigenvalue weighted by atomic mass is 32.1. The van der Waals surface area contributed by atoms with Gasteiger partial charge in [0.15, 0.2) is 0 Å². The average Bonchev–Trinajstić information content (AvgIpc) is 2.46. The van der Waals surface area contributed by atoms with E-state index in [0.717, 1.165) is 57.1 Å². The predicted molar refractivity (Wildman–Crippen MR) is 86.4 cm³/mol. The van der Waals surface area contributed by atoms with E-state index < -0.39 is 0 Å². The third kappa shape index (κ3) is 4.74. The molecule has 0 atom stereocenters. The lowest BCUT2D eigenvalue weighted by molar-refractivity contribution is 0.145. The molecule has 4 nitrogen and oxygen atoms in total. The summed E-state index contributed by atoms with van der Waals surface area (Å²) in [6.07, 6.45) is 1.04. The highest BCUT2D eigenvalue weighted by molar-refractivity contribution is 7.80. The van der Waals surface area contributed by atoms with Gasteiger partial charge in [-0.3, -0.25) is 0 Å². The van der Waals surface area contributed by atoms with E-state index in [-0.39, 0.29) is 0 Å². The van der Waals surface area contributed by atoms with Crippen molar-refractivity contribution in [2.45, 2.75) is 6.42 Å². The number of rotatable bonds is 6. The Hall–Kier alpha value is -1.17. The van der Waals surface area contributed by atoms with Crippen LogP contribution in [0.25, 0.3) is 0 Å². The van der Waals surface area contributed by atoms with E-state index in [1.165, 1.54) is 0 Å². The second-order valence-corrected chi connectivity index (χ2v) is 5.68. The number of hydrogen-bond donors (Lipinski definition) is 1. The minimum atomic E-state index is 0.410. The van der Waals surface area contributed by atoms with Gasteiger partial charge in [0.2, 0.25) is 0 Å². The van der Waals surface area contributed by atoms with Crippen LogP contribution in [0, 0.1) is 0 Å². The van der Waals surface area contributed by atoms with Crippen LogP contribution in [0.3, 0.4) is 0 Å². The van der Waals surface area contributed by atoms with Crippen molar-refractivity contribution in [3.05, 3.63) is 29.8 Å². The van der Waals surface area contributed by atoms with E-state index in [4.69, 9.17) is 22.7 Å². The summed E-state index contributed by atoms with van der Waals surface area (Å²) in [7, 11) is 2.18. The zero-order valence-corrected chi connectivity index (χ0v) is 12.9. The molecule has 2 N–H and O–H groups in total. The molecule has 110 valence electrons. The van der Waals surface area contributed by atoms with Crippen molar-refractivity contribution in [2.24, 2.45) is 5.73 Å². The Balaban J connectivity index is 1.68. The summed E-state index contributed by atoms with van der Waals surface area (Å²) in [5, 5.41) is 0. The van der Waals surface area contributed by atoms with E-state index in [0.29, 0.717) is 4.99 Å². The molecule has 0 spiro atoms. The summed E-state index contributed by atoms with van der Waals surface area (Å²) in [6.45, 7) is 6.48. The van der Waals surface area contributed by atoms with Gasteiger partial charge in [-0.25, -0.2) is 0 Å². The second-order valence-electron chi connectivity index (χ2n) is 5.24. The summed E-state index contributed by atoms with van der Waals surface area (Å²) >= 11 is 4.96. The number of benzene rings is 1. The van der Waals surface area contributed by atoms with Crippen LogP contribution in [-0.2, 0) is 0 Å². The fourth-order valence-corrected chi connectivity index (χ4v) is 2.42. The first-order valence-electron chi connectivity index (χ1n) is 7.09. The third-order valence-corrected chi connectivity index (χ3v) is 3.84. The quantitative estimate of drug-likeness (QED) is 0.633. The Morgan fingerprint density at radius 1 is 1.30 bits per heavy atom. The van der Waals surface area contributed by atoms with Gasteiger partial charge in [-0.15, -0.1) is 0 Å². The number of likely N-dealkylation sites (N-methyl/N-ethyl adjacent to an activating group) is 1. The van der Waals surface area contributed by atoms with Gasteiger partial charge in [0, 0.05) is 38.3 Å². The average molecular weight is 293 g/mol. The smallest absolute Gasteiger partial charge is 0.119 e. The second kappa shape index (κ2) is 7.57. The van der Waals surface area contributed by atoms with Crippen LogP contribution >= 0.6 is 12.2 Å². The van der Waals surface area contributed by atoms with E-state index in [2.05, 4.69) is 16.8 Å². The van der Waals surface area contributed by atoms with Gasteiger partial charge >= 0.3 is 0 Å². The topological polar surface area (TPSA) is 41.7 Å². The van der Waals surface area contributed by atoms with Gasteiger partial charge in [-0.2, -0.15) is 0 Å². The zero-order valence-electron chi connectivity index (χ0n) is 12.0. The first kappa shape index (κ1) is 15.2. The minimum Gasteiger partial charge on any atom is -0.494 e. The maximum Gasteiger partial charge on any atom is 0.119 e. The molecule has 0 bridgehead atoms.